The fraction of sp³-hybridized carbons (Fsp3) is 0.312. The third kappa shape index (κ3) is 2.38. The zero-order chi connectivity index (χ0) is 12.5. The normalized spacial score (nSPS) is 11.5. The molecule has 0 unspecified atom stereocenters. The summed E-state index contributed by atoms with van der Waals surface area (Å²) in [7, 11) is 0. The Labute approximate surface area is 104 Å². The van der Waals surface area contributed by atoms with E-state index in [1.165, 1.54) is 16.7 Å². The van der Waals surface area contributed by atoms with Gasteiger partial charge in [-0.2, -0.15) is 0 Å². The van der Waals surface area contributed by atoms with Gasteiger partial charge in [0.2, 0.25) is 0 Å². The zero-order valence-corrected chi connectivity index (χ0v) is 11.0. The summed E-state index contributed by atoms with van der Waals surface area (Å²) in [6, 6.07) is 12.5. The molecule has 1 heterocycles. The Kier molecular flexibility index (Phi) is 3.01. The second-order valence-electron chi connectivity index (χ2n) is 5.44. The van der Waals surface area contributed by atoms with Gasteiger partial charge in [-0.1, -0.05) is 45.0 Å². The van der Waals surface area contributed by atoms with Crippen LogP contribution in [0.2, 0.25) is 0 Å². The Hall–Kier alpha value is -1.63. The largest absolute Gasteiger partial charge is 0.256 e. The molecule has 88 valence electrons. The highest BCUT2D eigenvalue weighted by molar-refractivity contribution is 5.65. The lowest BCUT2D eigenvalue weighted by Gasteiger charge is -2.23. The van der Waals surface area contributed by atoms with Gasteiger partial charge in [0, 0.05) is 11.8 Å². The SMILES string of the molecule is Cc1c(-c2ccccn2)cccc1C(C)(C)C. The number of aromatic nitrogens is 1. The Bertz CT molecular complexity index is 507. The molecule has 17 heavy (non-hydrogen) atoms. The van der Waals surface area contributed by atoms with Crippen LogP contribution < -0.4 is 0 Å². The molecule has 2 rings (SSSR count). The van der Waals surface area contributed by atoms with Crippen molar-refractivity contribution >= 4 is 0 Å². The van der Waals surface area contributed by atoms with Crippen LogP contribution in [0.1, 0.15) is 31.9 Å². The standard InChI is InChI=1S/C16H19N/c1-12-13(15-10-5-6-11-17-15)8-7-9-14(12)16(2,3)4/h5-11H,1-4H3. The van der Waals surface area contributed by atoms with Crippen LogP contribution in [0.5, 0.6) is 0 Å². The maximum Gasteiger partial charge on any atom is 0.0704 e. The van der Waals surface area contributed by atoms with Crippen molar-refractivity contribution in [1.29, 1.82) is 0 Å². The van der Waals surface area contributed by atoms with Gasteiger partial charge in [-0.3, -0.25) is 4.98 Å². The van der Waals surface area contributed by atoms with Gasteiger partial charge in [0.15, 0.2) is 0 Å². The van der Waals surface area contributed by atoms with Gasteiger partial charge in [0.1, 0.15) is 0 Å². The molecule has 0 aliphatic rings. The van der Waals surface area contributed by atoms with Crippen LogP contribution in [0.3, 0.4) is 0 Å². The number of nitrogens with zero attached hydrogens (tertiary/aromatic N) is 1. The Balaban J connectivity index is 2.58. The molecule has 1 aromatic carbocycles. The van der Waals surface area contributed by atoms with Crippen LogP contribution in [0, 0.1) is 6.92 Å². The zero-order valence-electron chi connectivity index (χ0n) is 11.0. The lowest BCUT2D eigenvalue weighted by Crippen LogP contribution is -2.13. The lowest BCUT2D eigenvalue weighted by atomic mass is 9.82. The first-order valence-electron chi connectivity index (χ1n) is 6.01. The van der Waals surface area contributed by atoms with E-state index in [4.69, 9.17) is 0 Å². The predicted octanol–water partition coefficient (Wildman–Crippen LogP) is 4.35. The van der Waals surface area contributed by atoms with Gasteiger partial charge >= 0.3 is 0 Å². The van der Waals surface area contributed by atoms with Crippen molar-refractivity contribution in [3.8, 4) is 11.3 Å². The first-order valence-corrected chi connectivity index (χ1v) is 6.01. The fourth-order valence-corrected chi connectivity index (χ4v) is 2.25. The summed E-state index contributed by atoms with van der Waals surface area (Å²) in [5, 5.41) is 0. The third-order valence-corrected chi connectivity index (χ3v) is 3.08. The number of rotatable bonds is 1. The molecule has 0 amide bonds. The van der Waals surface area contributed by atoms with E-state index in [1.54, 1.807) is 0 Å². The van der Waals surface area contributed by atoms with Crippen molar-refractivity contribution in [1.82, 2.24) is 4.98 Å². The first-order chi connectivity index (χ1) is 8.00. The highest BCUT2D eigenvalue weighted by Gasteiger charge is 2.18. The monoisotopic (exact) mass is 225 g/mol. The van der Waals surface area contributed by atoms with Crippen molar-refractivity contribution < 1.29 is 0 Å². The molecule has 0 atom stereocenters. The maximum atomic E-state index is 4.43. The highest BCUT2D eigenvalue weighted by atomic mass is 14.7. The number of hydrogen-bond acceptors (Lipinski definition) is 1. The summed E-state index contributed by atoms with van der Waals surface area (Å²) in [6.07, 6.45) is 1.85. The average molecular weight is 225 g/mol. The minimum Gasteiger partial charge on any atom is -0.256 e. The lowest BCUT2D eigenvalue weighted by molar-refractivity contribution is 0.586. The molecule has 0 N–H and O–H groups in total. The molecule has 0 saturated carbocycles. The third-order valence-electron chi connectivity index (χ3n) is 3.08. The van der Waals surface area contributed by atoms with Crippen molar-refractivity contribution in [3.05, 3.63) is 53.7 Å². The van der Waals surface area contributed by atoms with Crippen molar-refractivity contribution in [3.63, 3.8) is 0 Å². The van der Waals surface area contributed by atoms with Crippen LogP contribution in [0.15, 0.2) is 42.6 Å². The quantitative estimate of drug-likeness (QED) is 0.703. The molecule has 1 nitrogen and oxygen atoms in total. The van der Waals surface area contributed by atoms with E-state index in [2.05, 4.69) is 56.9 Å². The van der Waals surface area contributed by atoms with Crippen molar-refractivity contribution in [2.45, 2.75) is 33.1 Å². The van der Waals surface area contributed by atoms with Crippen molar-refractivity contribution in [2.24, 2.45) is 0 Å². The van der Waals surface area contributed by atoms with E-state index in [0.29, 0.717) is 0 Å². The van der Waals surface area contributed by atoms with E-state index >= 15 is 0 Å². The van der Waals surface area contributed by atoms with Crippen LogP contribution in [-0.2, 0) is 5.41 Å². The molecule has 0 saturated heterocycles. The van der Waals surface area contributed by atoms with Gasteiger partial charge < -0.3 is 0 Å². The number of pyridine rings is 1. The van der Waals surface area contributed by atoms with Crippen LogP contribution in [-0.4, -0.2) is 4.98 Å². The topological polar surface area (TPSA) is 12.9 Å². The second kappa shape index (κ2) is 4.33. The van der Waals surface area contributed by atoms with Crippen molar-refractivity contribution in [2.75, 3.05) is 0 Å². The van der Waals surface area contributed by atoms with E-state index in [1.807, 2.05) is 18.3 Å². The predicted molar refractivity (Wildman–Crippen MR) is 73.1 cm³/mol. The molecular formula is C16H19N. The minimum absolute atomic E-state index is 0.175. The highest BCUT2D eigenvalue weighted by Crippen LogP contribution is 2.31. The summed E-state index contributed by atoms with van der Waals surface area (Å²) in [5.74, 6) is 0. The van der Waals surface area contributed by atoms with E-state index in [0.717, 1.165) is 5.69 Å². The molecule has 0 aliphatic carbocycles. The van der Waals surface area contributed by atoms with Gasteiger partial charge in [-0.25, -0.2) is 0 Å². The van der Waals surface area contributed by atoms with Gasteiger partial charge in [-0.05, 0) is 35.6 Å². The molecule has 0 spiro atoms. The van der Waals surface area contributed by atoms with Gasteiger partial charge in [0.25, 0.3) is 0 Å². The summed E-state index contributed by atoms with van der Waals surface area (Å²) >= 11 is 0. The molecule has 2 aromatic rings. The van der Waals surface area contributed by atoms with Crippen LogP contribution in [0.25, 0.3) is 11.3 Å². The molecule has 0 radical (unpaired) electrons. The summed E-state index contributed by atoms with van der Waals surface area (Å²) in [6.45, 7) is 8.93. The molecule has 0 aliphatic heterocycles. The average Bonchev–Trinajstić information content (AvgIpc) is 2.29. The van der Waals surface area contributed by atoms with Gasteiger partial charge in [-0.15, -0.1) is 0 Å². The molecular weight excluding hydrogens is 206 g/mol. The Morgan fingerprint density at radius 1 is 0.941 bits per heavy atom. The molecule has 0 bridgehead atoms. The van der Waals surface area contributed by atoms with Gasteiger partial charge in [0.05, 0.1) is 5.69 Å². The summed E-state index contributed by atoms with van der Waals surface area (Å²) in [5.41, 5.74) is 5.18. The van der Waals surface area contributed by atoms with E-state index in [9.17, 15) is 0 Å². The van der Waals surface area contributed by atoms with E-state index in [-0.39, 0.29) is 5.41 Å². The Morgan fingerprint density at radius 2 is 1.71 bits per heavy atom. The molecule has 1 heteroatoms. The molecule has 0 fully saturated rings. The minimum atomic E-state index is 0.175. The smallest absolute Gasteiger partial charge is 0.0704 e. The summed E-state index contributed by atoms with van der Waals surface area (Å²) < 4.78 is 0. The second-order valence-corrected chi connectivity index (χ2v) is 5.44. The Morgan fingerprint density at radius 3 is 2.29 bits per heavy atom. The van der Waals surface area contributed by atoms with Crippen LogP contribution >= 0.6 is 0 Å². The fourth-order valence-electron chi connectivity index (χ4n) is 2.25. The van der Waals surface area contributed by atoms with E-state index < -0.39 is 0 Å². The number of benzene rings is 1. The van der Waals surface area contributed by atoms with Crippen LogP contribution in [0.4, 0.5) is 0 Å². The number of hydrogen-bond donors (Lipinski definition) is 0. The first kappa shape index (κ1) is 11.8. The molecule has 1 aromatic heterocycles. The summed E-state index contributed by atoms with van der Waals surface area (Å²) in [4.78, 5) is 4.43. The maximum absolute atomic E-state index is 4.43.